The quantitative estimate of drug-likeness (QED) is 0.104. The molecule has 0 fully saturated rings. The molecule has 0 amide bonds. The van der Waals surface area contributed by atoms with E-state index in [2.05, 4.69) is 0 Å². The van der Waals surface area contributed by atoms with Crippen LogP contribution < -0.4 is 0 Å². The van der Waals surface area contributed by atoms with Crippen molar-refractivity contribution in [2.45, 2.75) is 90.3 Å². The van der Waals surface area contributed by atoms with Gasteiger partial charge in [-0.3, -0.25) is 54.3 Å². The minimum atomic E-state index is -1.30. The van der Waals surface area contributed by atoms with Crippen molar-refractivity contribution < 1.29 is 67.5 Å². The van der Waals surface area contributed by atoms with Gasteiger partial charge >= 0.3 is 29.8 Å². The fourth-order valence-electron chi connectivity index (χ4n) is 5.40. The summed E-state index contributed by atoms with van der Waals surface area (Å²) in [5.41, 5.74) is 0. The first-order valence-electron chi connectivity index (χ1n) is 15.9. The van der Waals surface area contributed by atoms with E-state index in [0.29, 0.717) is 0 Å². The predicted molar refractivity (Wildman–Crippen MR) is 171 cm³/mol. The summed E-state index contributed by atoms with van der Waals surface area (Å²) in [5, 5.41) is 42.2. The van der Waals surface area contributed by atoms with Crippen LogP contribution in [0.5, 0.6) is 0 Å². The maximum atomic E-state index is 11.6. The van der Waals surface area contributed by atoms with Crippen LogP contribution in [-0.4, -0.2) is 106 Å². The molecule has 3 rings (SSSR count). The SMILES string of the molecule is CCOC(=O)[C@@H]1CC=C[C@@H](OC(C)=O)[C@H]1[N+](=O)[O-].CCOC(=O)[C@H]1CC=C[C@H](O)[C@@H]1[N+](=O)[O-].CCOC(=O)[C@H]1CC=C[C@H](OC(C)=O)[C@@H]1[N+](=O)[O-]. The summed E-state index contributed by atoms with van der Waals surface area (Å²) in [4.78, 5) is 87.4. The molecule has 0 radical (unpaired) electrons. The lowest BCUT2D eigenvalue weighted by atomic mass is 9.87. The van der Waals surface area contributed by atoms with Gasteiger partial charge in [-0.15, -0.1) is 0 Å². The first-order valence-corrected chi connectivity index (χ1v) is 15.9. The number of allylic oxidation sites excluding steroid dienone is 3. The summed E-state index contributed by atoms with van der Waals surface area (Å²) >= 11 is 0. The Hall–Kier alpha value is -5.27. The number of hydrogen-bond donors (Lipinski definition) is 1. The molecule has 0 heterocycles. The maximum Gasteiger partial charge on any atom is 0.316 e. The summed E-state index contributed by atoms with van der Waals surface area (Å²) in [6.45, 7) is 7.71. The van der Waals surface area contributed by atoms with Gasteiger partial charge in [-0.25, -0.2) is 0 Å². The highest BCUT2D eigenvalue weighted by Crippen LogP contribution is 2.27. The largest absolute Gasteiger partial charge is 0.466 e. The van der Waals surface area contributed by atoms with Gasteiger partial charge in [0.15, 0.2) is 12.2 Å². The molecule has 1 N–H and O–H groups in total. The summed E-state index contributed by atoms with van der Waals surface area (Å²) < 4.78 is 24.0. The van der Waals surface area contributed by atoms with E-state index in [1.54, 1.807) is 39.0 Å². The zero-order chi connectivity index (χ0) is 38.8. The number of nitro groups is 3. The second kappa shape index (κ2) is 21.7. The highest BCUT2D eigenvalue weighted by molar-refractivity contribution is 5.75. The Kier molecular flexibility index (Phi) is 18.6. The Morgan fingerprint density at radius 1 is 0.588 bits per heavy atom. The van der Waals surface area contributed by atoms with Crippen LogP contribution in [0.1, 0.15) is 53.9 Å². The minimum Gasteiger partial charge on any atom is -0.466 e. The van der Waals surface area contributed by atoms with Crippen molar-refractivity contribution in [1.82, 2.24) is 0 Å². The molecule has 3 aliphatic rings. The van der Waals surface area contributed by atoms with Crippen LogP contribution in [0.4, 0.5) is 0 Å². The van der Waals surface area contributed by atoms with Gasteiger partial charge in [0.05, 0.1) is 19.8 Å². The molecule has 20 heteroatoms. The Labute approximate surface area is 292 Å². The van der Waals surface area contributed by atoms with Gasteiger partial charge in [0.1, 0.15) is 23.9 Å². The lowest BCUT2D eigenvalue weighted by Crippen LogP contribution is -2.46. The van der Waals surface area contributed by atoms with Crippen molar-refractivity contribution in [3.63, 3.8) is 0 Å². The number of ether oxygens (including phenoxy) is 5. The molecule has 20 nitrogen and oxygen atoms in total. The van der Waals surface area contributed by atoms with Gasteiger partial charge in [0.25, 0.3) is 18.1 Å². The molecule has 0 spiro atoms. The number of rotatable bonds is 11. The normalized spacial score (nSPS) is 27.5. The zero-order valence-electron chi connectivity index (χ0n) is 28.7. The number of carbonyl (C=O) groups excluding carboxylic acids is 5. The van der Waals surface area contributed by atoms with Gasteiger partial charge in [0.2, 0.25) is 0 Å². The van der Waals surface area contributed by atoms with Crippen molar-refractivity contribution >= 4 is 29.8 Å². The van der Waals surface area contributed by atoms with E-state index >= 15 is 0 Å². The van der Waals surface area contributed by atoms with Gasteiger partial charge < -0.3 is 28.8 Å². The molecule has 0 aromatic carbocycles. The molecule has 0 saturated carbocycles. The smallest absolute Gasteiger partial charge is 0.316 e. The predicted octanol–water partition coefficient (Wildman–Crippen LogP) is 1.54. The van der Waals surface area contributed by atoms with Gasteiger partial charge in [-0.2, -0.15) is 0 Å². The van der Waals surface area contributed by atoms with Gasteiger partial charge in [-0.05, 0) is 52.2 Å². The first-order chi connectivity index (χ1) is 24.0. The second-order valence-electron chi connectivity index (χ2n) is 11.0. The van der Waals surface area contributed by atoms with Crippen LogP contribution in [0.2, 0.25) is 0 Å². The molecule has 9 atom stereocenters. The fraction of sp³-hybridized carbons (Fsp3) is 0.645. The first kappa shape index (κ1) is 43.8. The Balaban J connectivity index is 0.000000384. The molecule has 284 valence electrons. The van der Waals surface area contributed by atoms with E-state index in [4.69, 9.17) is 23.7 Å². The van der Waals surface area contributed by atoms with Crippen molar-refractivity contribution in [3.8, 4) is 0 Å². The minimum absolute atomic E-state index is 0.154. The third-order valence-electron chi connectivity index (χ3n) is 7.52. The summed E-state index contributed by atoms with van der Waals surface area (Å²) in [7, 11) is 0. The Morgan fingerprint density at radius 3 is 1.16 bits per heavy atom. The van der Waals surface area contributed by atoms with Crippen LogP contribution in [-0.2, 0) is 47.7 Å². The Bertz CT molecular complexity index is 1290. The highest BCUT2D eigenvalue weighted by Gasteiger charge is 2.48. The molecule has 0 aliphatic heterocycles. The van der Waals surface area contributed by atoms with E-state index < -0.39 is 98.8 Å². The molecular weight excluding hydrogens is 686 g/mol. The van der Waals surface area contributed by atoms with Crippen LogP contribution in [0.25, 0.3) is 0 Å². The molecular formula is C31H43N3O17. The summed E-state index contributed by atoms with van der Waals surface area (Å²) in [6, 6.07) is -3.88. The number of aliphatic hydroxyl groups is 1. The molecule has 3 aliphatic carbocycles. The zero-order valence-corrected chi connectivity index (χ0v) is 28.7. The average molecular weight is 730 g/mol. The maximum absolute atomic E-state index is 11.6. The van der Waals surface area contributed by atoms with Crippen molar-refractivity contribution in [1.29, 1.82) is 0 Å². The third-order valence-corrected chi connectivity index (χ3v) is 7.52. The van der Waals surface area contributed by atoms with Crippen LogP contribution in [0.3, 0.4) is 0 Å². The number of esters is 5. The van der Waals surface area contributed by atoms with Gasteiger partial charge in [0, 0.05) is 28.6 Å². The van der Waals surface area contributed by atoms with Crippen LogP contribution >= 0.6 is 0 Å². The second-order valence-corrected chi connectivity index (χ2v) is 11.0. The van der Waals surface area contributed by atoms with E-state index in [1.807, 2.05) is 0 Å². The molecule has 0 unspecified atom stereocenters. The summed E-state index contributed by atoms with van der Waals surface area (Å²) in [5.74, 6) is -5.88. The highest BCUT2D eigenvalue weighted by atomic mass is 16.6. The molecule has 51 heavy (non-hydrogen) atoms. The molecule has 0 saturated heterocycles. The number of aliphatic hydroxyl groups excluding tert-OH is 1. The lowest BCUT2D eigenvalue weighted by Gasteiger charge is -2.26. The number of nitrogens with zero attached hydrogens (tertiary/aromatic N) is 3. The van der Waals surface area contributed by atoms with Crippen LogP contribution in [0.15, 0.2) is 36.5 Å². The number of hydrogen-bond acceptors (Lipinski definition) is 17. The van der Waals surface area contributed by atoms with E-state index in [-0.39, 0.29) is 39.1 Å². The standard InChI is InChI=1S/2C11H15NO6.C9H13NO5/c2*1-3-17-11(14)8-5-4-6-9(18-7(2)13)10(8)12(15)16;1-2-15-9(12)6-4-3-5-7(11)8(6)10(13)14/h2*4,6,8-10H,3,5H2,1-2H3;3,5-8,11H,2,4H2,1H3/t2*8-,9-,10+;6-,7-,8+/m100/s1. The monoisotopic (exact) mass is 729 g/mol. The van der Waals surface area contributed by atoms with Crippen LogP contribution in [0, 0.1) is 48.1 Å². The van der Waals surface area contributed by atoms with Crippen molar-refractivity contribution in [2.24, 2.45) is 17.8 Å². The molecule has 0 bridgehead atoms. The average Bonchev–Trinajstić information content (AvgIpc) is 3.04. The Morgan fingerprint density at radius 2 is 0.882 bits per heavy atom. The fourth-order valence-corrected chi connectivity index (χ4v) is 5.40. The van der Waals surface area contributed by atoms with Crippen molar-refractivity contribution in [3.05, 3.63) is 66.8 Å². The molecule has 0 aromatic rings. The molecule has 0 aromatic heterocycles. The van der Waals surface area contributed by atoms with E-state index in [1.165, 1.54) is 32.1 Å². The van der Waals surface area contributed by atoms with Gasteiger partial charge in [-0.1, -0.05) is 24.3 Å². The third kappa shape index (κ3) is 13.5. The number of carbonyl (C=O) groups is 5. The topological polar surface area (TPSA) is 281 Å². The van der Waals surface area contributed by atoms with E-state index in [0.717, 1.165) is 0 Å². The van der Waals surface area contributed by atoms with E-state index in [9.17, 15) is 59.4 Å². The lowest BCUT2D eigenvalue weighted by molar-refractivity contribution is -0.539. The summed E-state index contributed by atoms with van der Waals surface area (Å²) in [6.07, 6.45) is 6.34. The van der Waals surface area contributed by atoms with Crippen molar-refractivity contribution in [2.75, 3.05) is 19.8 Å².